The second-order valence-corrected chi connectivity index (χ2v) is 17.2. The number of alkyl halides is 12. The van der Waals surface area contributed by atoms with Crippen molar-refractivity contribution in [3.8, 4) is 22.3 Å². The molecule has 14 heteroatoms. The van der Waals surface area contributed by atoms with Gasteiger partial charge in [-0.25, -0.2) is 0 Å². The van der Waals surface area contributed by atoms with Crippen LogP contribution in [0.2, 0.25) is 0 Å². The second-order valence-electron chi connectivity index (χ2n) is 17.2. The van der Waals surface area contributed by atoms with Gasteiger partial charge in [0.15, 0.2) is 0 Å². The van der Waals surface area contributed by atoms with Crippen molar-refractivity contribution in [2.24, 2.45) is 0 Å². The fourth-order valence-electron chi connectivity index (χ4n) is 10.7. The zero-order valence-electron chi connectivity index (χ0n) is 36.4. The average molecular weight is 973 g/mol. The Labute approximate surface area is 397 Å². The van der Waals surface area contributed by atoms with Crippen LogP contribution in [0.15, 0.2) is 194 Å². The van der Waals surface area contributed by atoms with Gasteiger partial charge in [0.05, 0.1) is 56.1 Å². The highest BCUT2D eigenvalue weighted by Crippen LogP contribution is 2.64. The number of para-hydroxylation sites is 4. The molecule has 9 aromatic rings. The van der Waals surface area contributed by atoms with Crippen LogP contribution in [0.25, 0.3) is 33.0 Å². The predicted molar refractivity (Wildman–Crippen MR) is 250 cm³/mol. The molecule has 2 nitrogen and oxygen atoms in total. The van der Waals surface area contributed by atoms with Crippen molar-refractivity contribution in [3.63, 3.8) is 0 Å². The molecule has 0 heterocycles. The lowest BCUT2D eigenvalue weighted by molar-refractivity contribution is -0.138. The number of nitrogens with zero attached hydrogens (tertiary/aromatic N) is 2. The second kappa shape index (κ2) is 16.0. The summed E-state index contributed by atoms with van der Waals surface area (Å²) >= 11 is 0. The Morgan fingerprint density at radius 3 is 1.10 bits per heavy atom. The Morgan fingerprint density at radius 2 is 0.648 bits per heavy atom. The third kappa shape index (κ3) is 7.04. The molecule has 0 amide bonds. The van der Waals surface area contributed by atoms with Gasteiger partial charge >= 0.3 is 24.7 Å². The minimum Gasteiger partial charge on any atom is -0.309 e. The maximum Gasteiger partial charge on any atom is 0.418 e. The van der Waals surface area contributed by atoms with Gasteiger partial charge in [0.2, 0.25) is 0 Å². The number of fused-ring (bicyclic) bond motifs is 9. The van der Waals surface area contributed by atoms with Gasteiger partial charge in [0.25, 0.3) is 0 Å². The fourth-order valence-corrected chi connectivity index (χ4v) is 10.7. The first kappa shape index (κ1) is 45.4. The van der Waals surface area contributed by atoms with Gasteiger partial charge in [-0.15, -0.1) is 0 Å². The van der Waals surface area contributed by atoms with Crippen LogP contribution in [-0.2, 0) is 30.1 Å². The van der Waals surface area contributed by atoms with Crippen molar-refractivity contribution in [1.82, 2.24) is 0 Å². The van der Waals surface area contributed by atoms with Gasteiger partial charge in [-0.05, 0) is 117 Å². The van der Waals surface area contributed by atoms with E-state index in [1.807, 2.05) is 36.4 Å². The summed E-state index contributed by atoms with van der Waals surface area (Å²) in [6.45, 7) is 0. The summed E-state index contributed by atoms with van der Waals surface area (Å²) in [5, 5.41) is 0.696. The van der Waals surface area contributed by atoms with Crippen molar-refractivity contribution in [1.29, 1.82) is 0 Å². The van der Waals surface area contributed by atoms with Gasteiger partial charge in [0.1, 0.15) is 0 Å². The van der Waals surface area contributed by atoms with Gasteiger partial charge < -0.3 is 9.80 Å². The van der Waals surface area contributed by atoms with E-state index in [1.165, 1.54) is 36.4 Å². The minimum absolute atomic E-state index is 0.0347. The van der Waals surface area contributed by atoms with E-state index in [0.717, 1.165) is 93.7 Å². The normalized spacial score (nSPS) is 13.7. The summed E-state index contributed by atoms with van der Waals surface area (Å²) < 4.78 is 180. The molecule has 0 fully saturated rings. The first-order valence-corrected chi connectivity index (χ1v) is 22.0. The van der Waals surface area contributed by atoms with Crippen molar-refractivity contribution in [3.05, 3.63) is 239 Å². The Bertz CT molecular complexity index is 3430. The molecule has 0 saturated carbocycles. The molecule has 0 N–H and O–H groups in total. The van der Waals surface area contributed by atoms with E-state index in [1.54, 1.807) is 48.5 Å². The molecule has 11 rings (SSSR count). The Balaban J connectivity index is 1.27. The lowest BCUT2D eigenvalue weighted by Gasteiger charge is -2.41. The molecule has 0 saturated heterocycles. The molecule has 71 heavy (non-hydrogen) atoms. The van der Waals surface area contributed by atoms with E-state index in [9.17, 15) is 0 Å². The fraction of sp³-hybridized carbons (Fsp3) is 0.0877. The Morgan fingerprint density at radius 1 is 0.282 bits per heavy atom. The third-order valence-corrected chi connectivity index (χ3v) is 13.4. The summed E-state index contributed by atoms with van der Waals surface area (Å²) in [5.74, 6) is 0. The molecular formula is C57H32F12N2. The molecule has 2 aliphatic carbocycles. The highest BCUT2D eigenvalue weighted by molar-refractivity contribution is 6.13. The predicted octanol–water partition coefficient (Wildman–Crippen LogP) is 18.2. The van der Waals surface area contributed by atoms with E-state index in [2.05, 4.69) is 0 Å². The maximum atomic E-state index is 15.0. The van der Waals surface area contributed by atoms with Crippen LogP contribution < -0.4 is 9.80 Å². The molecule has 0 aliphatic heterocycles. The molecule has 0 aromatic heterocycles. The summed E-state index contributed by atoms with van der Waals surface area (Å²) in [7, 11) is 0. The lowest BCUT2D eigenvalue weighted by atomic mass is 9.61. The van der Waals surface area contributed by atoms with E-state index in [-0.39, 0.29) is 16.8 Å². The number of halogens is 12. The van der Waals surface area contributed by atoms with Crippen LogP contribution in [0.1, 0.15) is 44.5 Å². The van der Waals surface area contributed by atoms with Crippen LogP contribution in [0, 0.1) is 0 Å². The number of hydrogen-bond donors (Lipinski definition) is 0. The van der Waals surface area contributed by atoms with Crippen molar-refractivity contribution >= 4 is 44.9 Å². The van der Waals surface area contributed by atoms with Crippen molar-refractivity contribution < 1.29 is 52.7 Å². The van der Waals surface area contributed by atoms with Crippen LogP contribution in [0.5, 0.6) is 0 Å². The van der Waals surface area contributed by atoms with Crippen molar-refractivity contribution in [2.45, 2.75) is 30.1 Å². The largest absolute Gasteiger partial charge is 0.418 e. The van der Waals surface area contributed by atoms with Crippen LogP contribution in [0.4, 0.5) is 86.8 Å². The molecule has 0 unspecified atom stereocenters. The van der Waals surface area contributed by atoms with E-state index in [4.69, 9.17) is 0 Å². The molecular weight excluding hydrogens is 941 g/mol. The first-order valence-electron chi connectivity index (χ1n) is 22.0. The highest BCUT2D eigenvalue weighted by atomic mass is 19.4. The molecule has 2 aliphatic rings. The number of hydrogen-bond acceptors (Lipinski definition) is 2. The van der Waals surface area contributed by atoms with E-state index < -0.39 is 75.1 Å². The summed E-state index contributed by atoms with van der Waals surface area (Å²) in [6, 6.07) is 44.7. The Hall–Kier alpha value is -8.00. The Kier molecular flexibility index (Phi) is 10.3. The summed E-state index contributed by atoms with van der Waals surface area (Å²) in [5.41, 5.74) is -3.95. The van der Waals surface area contributed by atoms with Crippen LogP contribution in [-0.4, -0.2) is 0 Å². The smallest absolute Gasteiger partial charge is 0.309 e. The van der Waals surface area contributed by atoms with E-state index >= 15 is 52.7 Å². The van der Waals surface area contributed by atoms with E-state index in [0.29, 0.717) is 38.8 Å². The monoisotopic (exact) mass is 972 g/mol. The van der Waals surface area contributed by atoms with Crippen LogP contribution in [0.3, 0.4) is 0 Å². The third-order valence-electron chi connectivity index (χ3n) is 13.4. The van der Waals surface area contributed by atoms with Crippen molar-refractivity contribution in [2.75, 3.05) is 9.80 Å². The van der Waals surface area contributed by atoms with Gasteiger partial charge in [-0.3, -0.25) is 0 Å². The maximum absolute atomic E-state index is 15.0. The van der Waals surface area contributed by atoms with Gasteiger partial charge in [-0.1, -0.05) is 127 Å². The molecule has 1 spiro atoms. The summed E-state index contributed by atoms with van der Waals surface area (Å²) in [4.78, 5) is 1.91. The zero-order chi connectivity index (χ0) is 49.8. The number of benzene rings is 9. The molecule has 9 aromatic carbocycles. The van der Waals surface area contributed by atoms with Gasteiger partial charge in [0, 0.05) is 11.1 Å². The first-order chi connectivity index (χ1) is 33.8. The molecule has 0 bridgehead atoms. The average Bonchev–Trinajstić information content (AvgIpc) is 3.64. The molecule has 0 radical (unpaired) electrons. The zero-order valence-corrected chi connectivity index (χ0v) is 36.4. The number of rotatable bonds is 6. The standard InChI is InChI=1S/C57H32F12N2/c58-54(59,60)41-19-5-9-24-48(41)70(49-25-10-6-20-42(49)55(61,62)63)33-28-29-36-37-30-31-47(71(50-26-11-7-21-43(50)56(64,65)66)51-27-12-8-22-44(51)57(67,68)69)38-16-13-23-45(52(37)38)53(46(36)32-33)39-17-3-1-14-34(39)35-15-2-4-18-40(35)53/h1-32H. The lowest BCUT2D eigenvalue weighted by Crippen LogP contribution is -2.32. The van der Waals surface area contributed by atoms with Gasteiger partial charge in [-0.2, -0.15) is 52.7 Å². The van der Waals surface area contributed by atoms with Crippen LogP contribution >= 0.6 is 0 Å². The SMILES string of the molecule is FC(F)(F)c1ccccc1N(c1ccc2c(c1)C1(c3ccccc3-c3ccccc31)c1cccc3c(N(c4ccccc4C(F)(F)F)c4ccccc4C(F)(F)F)ccc-2c13)c1ccccc1C(F)(F)F. The molecule has 354 valence electrons. The summed E-state index contributed by atoms with van der Waals surface area (Å²) in [6.07, 6.45) is -20.0. The highest BCUT2D eigenvalue weighted by Gasteiger charge is 2.51. The minimum atomic E-state index is -5.01. The molecule has 0 atom stereocenters. The topological polar surface area (TPSA) is 6.48 Å². The number of anilines is 6. The quantitative estimate of drug-likeness (QED) is 0.153.